The maximum atomic E-state index is 11.8. The van der Waals surface area contributed by atoms with Gasteiger partial charge in [-0.1, -0.05) is 6.92 Å². The fourth-order valence-electron chi connectivity index (χ4n) is 1.51. The van der Waals surface area contributed by atoms with E-state index in [1.807, 2.05) is 13.0 Å². The molecule has 0 atom stereocenters. The van der Waals surface area contributed by atoms with Crippen LogP contribution >= 0.6 is 0 Å². The van der Waals surface area contributed by atoms with Crippen LogP contribution in [0.2, 0.25) is 0 Å². The number of nitrogens with two attached hydrogens (primary N) is 1. The summed E-state index contributed by atoms with van der Waals surface area (Å²) >= 11 is 0. The lowest BCUT2D eigenvalue weighted by Gasteiger charge is -2.02. The molecule has 0 bridgehead atoms. The standard InChI is InChI=1S/C9H12N4O/c1-2-4-13-5-3-6-7(9(13)14)8(10)12-11-6/h3,5H,2,4H2,1H3,(H3,10,11,12). The largest absolute Gasteiger partial charge is 0.382 e. The van der Waals surface area contributed by atoms with Gasteiger partial charge in [0, 0.05) is 12.7 Å². The molecule has 0 amide bonds. The van der Waals surface area contributed by atoms with Crippen LogP contribution in [-0.4, -0.2) is 14.8 Å². The highest BCUT2D eigenvalue weighted by Gasteiger charge is 2.07. The summed E-state index contributed by atoms with van der Waals surface area (Å²) in [5.41, 5.74) is 6.21. The van der Waals surface area contributed by atoms with Gasteiger partial charge in [0.2, 0.25) is 0 Å². The van der Waals surface area contributed by atoms with Crippen molar-refractivity contribution in [1.82, 2.24) is 14.8 Å². The number of fused-ring (bicyclic) bond motifs is 1. The lowest BCUT2D eigenvalue weighted by molar-refractivity contribution is 0.659. The first-order valence-electron chi connectivity index (χ1n) is 4.57. The number of hydrogen-bond donors (Lipinski definition) is 2. The molecule has 14 heavy (non-hydrogen) atoms. The monoisotopic (exact) mass is 192 g/mol. The number of nitrogen functional groups attached to an aromatic ring is 1. The van der Waals surface area contributed by atoms with E-state index in [0.717, 1.165) is 6.42 Å². The maximum absolute atomic E-state index is 11.8. The quantitative estimate of drug-likeness (QED) is 0.735. The molecule has 0 unspecified atom stereocenters. The van der Waals surface area contributed by atoms with Crippen LogP contribution < -0.4 is 11.3 Å². The Hall–Kier alpha value is -1.78. The van der Waals surface area contributed by atoms with Gasteiger partial charge in [0.1, 0.15) is 5.39 Å². The van der Waals surface area contributed by atoms with Crippen molar-refractivity contribution in [2.45, 2.75) is 19.9 Å². The molecule has 0 saturated heterocycles. The highest BCUT2D eigenvalue weighted by Crippen LogP contribution is 2.11. The molecule has 2 aromatic heterocycles. The van der Waals surface area contributed by atoms with Crippen molar-refractivity contribution in [2.24, 2.45) is 0 Å². The van der Waals surface area contributed by atoms with Gasteiger partial charge in [-0.3, -0.25) is 9.89 Å². The Kier molecular flexibility index (Phi) is 1.99. The number of nitrogens with zero attached hydrogens (tertiary/aromatic N) is 2. The Morgan fingerprint density at radius 1 is 1.64 bits per heavy atom. The van der Waals surface area contributed by atoms with Gasteiger partial charge in [-0.05, 0) is 12.5 Å². The van der Waals surface area contributed by atoms with E-state index in [1.54, 1.807) is 10.8 Å². The molecule has 2 rings (SSSR count). The molecule has 3 N–H and O–H groups in total. The molecule has 0 aliphatic carbocycles. The molecule has 5 heteroatoms. The third kappa shape index (κ3) is 1.17. The first-order valence-corrected chi connectivity index (χ1v) is 4.57. The molecule has 0 aliphatic heterocycles. The van der Waals surface area contributed by atoms with E-state index in [2.05, 4.69) is 10.2 Å². The van der Waals surface area contributed by atoms with E-state index in [4.69, 9.17) is 5.73 Å². The van der Waals surface area contributed by atoms with Crippen LogP contribution in [-0.2, 0) is 6.54 Å². The van der Waals surface area contributed by atoms with Crippen LogP contribution in [0.1, 0.15) is 13.3 Å². The predicted molar refractivity (Wildman–Crippen MR) is 55.1 cm³/mol. The first kappa shape index (κ1) is 8.80. The van der Waals surface area contributed by atoms with Crippen LogP contribution in [0.25, 0.3) is 10.9 Å². The summed E-state index contributed by atoms with van der Waals surface area (Å²) in [4.78, 5) is 11.8. The van der Waals surface area contributed by atoms with Crippen molar-refractivity contribution < 1.29 is 0 Å². The number of H-pyrrole nitrogens is 1. The topological polar surface area (TPSA) is 76.7 Å². The molecule has 0 fully saturated rings. The highest BCUT2D eigenvalue weighted by atomic mass is 16.1. The van der Waals surface area contributed by atoms with Crippen LogP contribution in [0.4, 0.5) is 5.82 Å². The second kappa shape index (κ2) is 3.17. The Morgan fingerprint density at radius 3 is 3.14 bits per heavy atom. The summed E-state index contributed by atoms with van der Waals surface area (Å²) in [6.07, 6.45) is 2.68. The molecule has 0 radical (unpaired) electrons. The van der Waals surface area contributed by atoms with E-state index in [9.17, 15) is 4.79 Å². The lowest BCUT2D eigenvalue weighted by atomic mass is 10.3. The van der Waals surface area contributed by atoms with Gasteiger partial charge in [-0.25, -0.2) is 0 Å². The second-order valence-corrected chi connectivity index (χ2v) is 3.21. The minimum absolute atomic E-state index is 0.0735. The average molecular weight is 192 g/mol. The van der Waals surface area contributed by atoms with Crippen LogP contribution in [0.15, 0.2) is 17.1 Å². The summed E-state index contributed by atoms with van der Waals surface area (Å²) < 4.78 is 1.65. The van der Waals surface area contributed by atoms with Crippen molar-refractivity contribution in [2.75, 3.05) is 5.73 Å². The van der Waals surface area contributed by atoms with Gasteiger partial charge < -0.3 is 10.3 Å². The van der Waals surface area contributed by atoms with Gasteiger partial charge >= 0.3 is 0 Å². The highest BCUT2D eigenvalue weighted by molar-refractivity contribution is 5.87. The van der Waals surface area contributed by atoms with E-state index in [1.165, 1.54) is 0 Å². The number of anilines is 1. The Bertz CT molecular complexity index is 511. The van der Waals surface area contributed by atoms with Crippen molar-refractivity contribution in [3.63, 3.8) is 0 Å². The Balaban J connectivity index is 2.73. The zero-order valence-corrected chi connectivity index (χ0v) is 7.95. The SMILES string of the molecule is CCCn1ccc2[nH]nc(N)c2c1=O. The smallest absolute Gasteiger partial charge is 0.263 e. The minimum Gasteiger partial charge on any atom is -0.382 e. The lowest BCUT2D eigenvalue weighted by Crippen LogP contribution is -2.19. The molecule has 2 aromatic rings. The summed E-state index contributed by atoms with van der Waals surface area (Å²) in [5, 5.41) is 6.99. The third-order valence-electron chi connectivity index (χ3n) is 2.18. The van der Waals surface area contributed by atoms with Crippen molar-refractivity contribution in [3.05, 3.63) is 22.6 Å². The molecule has 0 saturated carbocycles. The van der Waals surface area contributed by atoms with E-state index in [-0.39, 0.29) is 11.4 Å². The molecule has 2 heterocycles. The van der Waals surface area contributed by atoms with Gasteiger partial charge in [-0.2, -0.15) is 5.10 Å². The van der Waals surface area contributed by atoms with Crippen LogP contribution in [0, 0.1) is 0 Å². The number of aromatic nitrogens is 3. The van der Waals surface area contributed by atoms with E-state index >= 15 is 0 Å². The number of aromatic amines is 1. The first-order chi connectivity index (χ1) is 6.74. The Morgan fingerprint density at radius 2 is 2.43 bits per heavy atom. The fraction of sp³-hybridized carbons (Fsp3) is 0.333. The molecule has 5 nitrogen and oxygen atoms in total. The second-order valence-electron chi connectivity index (χ2n) is 3.21. The predicted octanol–water partition coefficient (Wildman–Crippen LogP) is 0.717. The molecular weight excluding hydrogens is 180 g/mol. The summed E-state index contributed by atoms with van der Waals surface area (Å²) in [7, 11) is 0. The van der Waals surface area contributed by atoms with Crippen molar-refractivity contribution in [1.29, 1.82) is 0 Å². The minimum atomic E-state index is -0.0735. The van der Waals surface area contributed by atoms with Crippen LogP contribution in [0.5, 0.6) is 0 Å². The number of hydrogen-bond acceptors (Lipinski definition) is 3. The summed E-state index contributed by atoms with van der Waals surface area (Å²) in [6, 6.07) is 1.82. The molecular formula is C9H12N4O. The van der Waals surface area contributed by atoms with Gasteiger partial charge in [0.05, 0.1) is 5.52 Å². The molecule has 0 aliphatic rings. The average Bonchev–Trinajstić information content (AvgIpc) is 2.54. The maximum Gasteiger partial charge on any atom is 0.263 e. The number of pyridine rings is 1. The number of aryl methyl sites for hydroxylation is 1. The van der Waals surface area contributed by atoms with E-state index < -0.39 is 0 Å². The molecule has 0 spiro atoms. The van der Waals surface area contributed by atoms with Gasteiger partial charge in [0.15, 0.2) is 5.82 Å². The zero-order chi connectivity index (χ0) is 10.1. The normalized spacial score (nSPS) is 10.9. The zero-order valence-electron chi connectivity index (χ0n) is 7.95. The molecule has 74 valence electrons. The fourth-order valence-corrected chi connectivity index (χ4v) is 1.51. The van der Waals surface area contributed by atoms with E-state index in [0.29, 0.717) is 17.4 Å². The van der Waals surface area contributed by atoms with Gasteiger partial charge in [0.25, 0.3) is 5.56 Å². The van der Waals surface area contributed by atoms with Gasteiger partial charge in [-0.15, -0.1) is 0 Å². The third-order valence-corrected chi connectivity index (χ3v) is 2.18. The van der Waals surface area contributed by atoms with Crippen LogP contribution in [0.3, 0.4) is 0 Å². The number of nitrogens with one attached hydrogen (secondary N) is 1. The summed E-state index contributed by atoms with van der Waals surface area (Å²) in [6.45, 7) is 2.73. The Labute approximate surface area is 80.5 Å². The summed E-state index contributed by atoms with van der Waals surface area (Å²) in [5.74, 6) is 0.274. The molecule has 0 aromatic carbocycles. The number of rotatable bonds is 2. The van der Waals surface area contributed by atoms with Crippen molar-refractivity contribution in [3.8, 4) is 0 Å². The van der Waals surface area contributed by atoms with Crippen molar-refractivity contribution >= 4 is 16.7 Å².